The lowest BCUT2D eigenvalue weighted by atomic mass is 9.97. The number of aliphatic hydroxyl groups excluding tert-OH is 1. The Morgan fingerprint density at radius 3 is 2.79 bits per heavy atom. The fourth-order valence-corrected chi connectivity index (χ4v) is 2.32. The van der Waals surface area contributed by atoms with Gasteiger partial charge in [0.15, 0.2) is 0 Å². The van der Waals surface area contributed by atoms with Gasteiger partial charge in [-0.3, -0.25) is 0 Å². The molecule has 1 heterocycles. The molecule has 0 amide bonds. The summed E-state index contributed by atoms with van der Waals surface area (Å²) in [5.74, 6) is 0.355. The van der Waals surface area contributed by atoms with Crippen molar-refractivity contribution >= 4 is 15.9 Å². The van der Waals surface area contributed by atoms with Gasteiger partial charge >= 0.3 is 0 Å². The Morgan fingerprint density at radius 1 is 1.36 bits per heavy atom. The van der Waals surface area contributed by atoms with Crippen molar-refractivity contribution in [2.75, 3.05) is 13.1 Å². The first-order chi connectivity index (χ1) is 6.77. The SMILES string of the molecule is OC1CNCC1Cc1ccccc1Br. The highest BCUT2D eigenvalue weighted by molar-refractivity contribution is 9.10. The van der Waals surface area contributed by atoms with Gasteiger partial charge in [-0.1, -0.05) is 34.1 Å². The van der Waals surface area contributed by atoms with Crippen LogP contribution in [0.5, 0.6) is 0 Å². The Labute approximate surface area is 92.5 Å². The van der Waals surface area contributed by atoms with Crippen LogP contribution in [-0.4, -0.2) is 24.3 Å². The maximum atomic E-state index is 9.66. The summed E-state index contributed by atoms with van der Waals surface area (Å²) >= 11 is 3.52. The van der Waals surface area contributed by atoms with Gasteiger partial charge in [0.25, 0.3) is 0 Å². The minimum Gasteiger partial charge on any atom is -0.391 e. The van der Waals surface area contributed by atoms with Crippen LogP contribution < -0.4 is 5.32 Å². The van der Waals surface area contributed by atoms with Gasteiger partial charge in [0, 0.05) is 23.5 Å². The Bertz CT molecular complexity index is 316. The van der Waals surface area contributed by atoms with E-state index in [1.807, 2.05) is 18.2 Å². The van der Waals surface area contributed by atoms with Crippen molar-refractivity contribution in [3.05, 3.63) is 34.3 Å². The van der Waals surface area contributed by atoms with E-state index < -0.39 is 0 Å². The van der Waals surface area contributed by atoms with Crippen molar-refractivity contribution in [1.82, 2.24) is 5.32 Å². The largest absolute Gasteiger partial charge is 0.391 e. The predicted molar refractivity (Wildman–Crippen MR) is 60.2 cm³/mol. The molecule has 0 aliphatic carbocycles. The van der Waals surface area contributed by atoms with Crippen LogP contribution in [0.3, 0.4) is 0 Å². The molecule has 1 aromatic carbocycles. The van der Waals surface area contributed by atoms with Crippen molar-refractivity contribution in [1.29, 1.82) is 0 Å². The molecule has 3 heteroatoms. The lowest BCUT2D eigenvalue weighted by molar-refractivity contribution is 0.147. The van der Waals surface area contributed by atoms with Gasteiger partial charge in [-0.2, -0.15) is 0 Å². The topological polar surface area (TPSA) is 32.3 Å². The molecular weight excluding hydrogens is 242 g/mol. The molecule has 1 aliphatic rings. The molecular formula is C11H14BrNO. The number of benzene rings is 1. The van der Waals surface area contributed by atoms with Crippen LogP contribution in [-0.2, 0) is 6.42 Å². The second-order valence-electron chi connectivity index (χ2n) is 3.78. The molecule has 1 fully saturated rings. The summed E-state index contributed by atoms with van der Waals surface area (Å²) in [6, 6.07) is 8.20. The van der Waals surface area contributed by atoms with Gasteiger partial charge in [0.05, 0.1) is 6.10 Å². The Morgan fingerprint density at radius 2 is 2.14 bits per heavy atom. The molecule has 2 N–H and O–H groups in total. The van der Waals surface area contributed by atoms with E-state index in [2.05, 4.69) is 27.3 Å². The lowest BCUT2D eigenvalue weighted by Crippen LogP contribution is -2.20. The smallest absolute Gasteiger partial charge is 0.0708 e. The minimum absolute atomic E-state index is 0.192. The molecule has 2 rings (SSSR count). The van der Waals surface area contributed by atoms with Gasteiger partial charge in [-0.05, 0) is 18.1 Å². The maximum absolute atomic E-state index is 9.66. The molecule has 0 radical (unpaired) electrons. The van der Waals surface area contributed by atoms with E-state index in [1.54, 1.807) is 0 Å². The zero-order valence-electron chi connectivity index (χ0n) is 7.91. The Balaban J connectivity index is 2.07. The summed E-state index contributed by atoms with van der Waals surface area (Å²) in [6.45, 7) is 1.65. The third-order valence-electron chi connectivity index (χ3n) is 2.74. The van der Waals surface area contributed by atoms with Gasteiger partial charge in [-0.25, -0.2) is 0 Å². The molecule has 2 atom stereocenters. The van der Waals surface area contributed by atoms with E-state index in [4.69, 9.17) is 0 Å². The lowest BCUT2D eigenvalue weighted by Gasteiger charge is -2.13. The first-order valence-corrected chi connectivity index (χ1v) is 5.69. The fourth-order valence-electron chi connectivity index (χ4n) is 1.87. The van der Waals surface area contributed by atoms with Crippen LogP contribution in [0.4, 0.5) is 0 Å². The molecule has 0 bridgehead atoms. The van der Waals surface area contributed by atoms with Gasteiger partial charge in [-0.15, -0.1) is 0 Å². The number of hydrogen-bond acceptors (Lipinski definition) is 2. The monoisotopic (exact) mass is 255 g/mol. The zero-order valence-corrected chi connectivity index (χ0v) is 9.50. The van der Waals surface area contributed by atoms with E-state index in [0.717, 1.165) is 24.0 Å². The molecule has 76 valence electrons. The third-order valence-corrected chi connectivity index (χ3v) is 3.52. The standard InChI is InChI=1S/C11H14BrNO/c12-10-4-2-1-3-8(10)5-9-6-13-7-11(9)14/h1-4,9,11,13-14H,5-7H2. The average molecular weight is 256 g/mol. The van der Waals surface area contributed by atoms with E-state index in [0.29, 0.717) is 5.92 Å². The summed E-state index contributed by atoms with van der Waals surface area (Å²) in [7, 11) is 0. The highest BCUT2D eigenvalue weighted by Crippen LogP contribution is 2.22. The fraction of sp³-hybridized carbons (Fsp3) is 0.455. The van der Waals surface area contributed by atoms with Crippen molar-refractivity contribution in [3.8, 4) is 0 Å². The molecule has 0 spiro atoms. The van der Waals surface area contributed by atoms with Crippen LogP contribution in [0.25, 0.3) is 0 Å². The Hall–Kier alpha value is -0.380. The van der Waals surface area contributed by atoms with E-state index >= 15 is 0 Å². The predicted octanol–water partition coefficient (Wildman–Crippen LogP) is 1.57. The summed E-state index contributed by atoms with van der Waals surface area (Å²) in [4.78, 5) is 0. The van der Waals surface area contributed by atoms with Crippen molar-refractivity contribution in [2.24, 2.45) is 5.92 Å². The quantitative estimate of drug-likeness (QED) is 0.841. The zero-order chi connectivity index (χ0) is 9.97. The highest BCUT2D eigenvalue weighted by Gasteiger charge is 2.25. The van der Waals surface area contributed by atoms with Crippen molar-refractivity contribution in [3.63, 3.8) is 0 Å². The first kappa shape index (κ1) is 10.1. The van der Waals surface area contributed by atoms with Crippen LogP contribution in [0.15, 0.2) is 28.7 Å². The van der Waals surface area contributed by atoms with Gasteiger partial charge < -0.3 is 10.4 Å². The van der Waals surface area contributed by atoms with Crippen molar-refractivity contribution in [2.45, 2.75) is 12.5 Å². The van der Waals surface area contributed by atoms with E-state index in [9.17, 15) is 5.11 Å². The van der Waals surface area contributed by atoms with Crippen LogP contribution in [0, 0.1) is 5.92 Å². The van der Waals surface area contributed by atoms with Crippen molar-refractivity contribution < 1.29 is 5.11 Å². The molecule has 0 aromatic heterocycles. The van der Waals surface area contributed by atoms with Gasteiger partial charge in [0.2, 0.25) is 0 Å². The molecule has 1 aliphatic heterocycles. The highest BCUT2D eigenvalue weighted by atomic mass is 79.9. The molecule has 2 nitrogen and oxygen atoms in total. The summed E-state index contributed by atoms with van der Waals surface area (Å²) in [5.41, 5.74) is 1.28. The maximum Gasteiger partial charge on any atom is 0.0708 e. The summed E-state index contributed by atoms with van der Waals surface area (Å²) in [5, 5.41) is 12.9. The third kappa shape index (κ3) is 2.16. The van der Waals surface area contributed by atoms with Crippen LogP contribution in [0.2, 0.25) is 0 Å². The van der Waals surface area contributed by atoms with Crippen LogP contribution in [0.1, 0.15) is 5.56 Å². The van der Waals surface area contributed by atoms with E-state index in [-0.39, 0.29) is 6.10 Å². The Kier molecular flexibility index (Phi) is 3.21. The summed E-state index contributed by atoms with van der Waals surface area (Å²) < 4.78 is 1.14. The first-order valence-electron chi connectivity index (χ1n) is 4.89. The normalized spacial score (nSPS) is 26.7. The number of nitrogens with one attached hydrogen (secondary N) is 1. The number of hydrogen-bond donors (Lipinski definition) is 2. The summed E-state index contributed by atoms with van der Waals surface area (Å²) in [6.07, 6.45) is 0.748. The second kappa shape index (κ2) is 4.43. The number of rotatable bonds is 2. The molecule has 2 unspecified atom stereocenters. The molecule has 14 heavy (non-hydrogen) atoms. The molecule has 1 saturated heterocycles. The average Bonchev–Trinajstić information content (AvgIpc) is 2.56. The number of β-amino-alcohol motifs (C(OH)–C–C–N with tert-alkyl or cyclic N) is 1. The second-order valence-corrected chi connectivity index (χ2v) is 4.64. The van der Waals surface area contributed by atoms with Crippen LogP contribution >= 0.6 is 15.9 Å². The molecule has 1 aromatic rings. The number of aliphatic hydroxyl groups is 1. The minimum atomic E-state index is -0.192. The van der Waals surface area contributed by atoms with E-state index in [1.165, 1.54) is 5.56 Å². The molecule has 0 saturated carbocycles. The number of halogens is 1. The van der Waals surface area contributed by atoms with Gasteiger partial charge in [0.1, 0.15) is 0 Å².